The van der Waals surface area contributed by atoms with Gasteiger partial charge < -0.3 is 4.90 Å². The molecule has 1 aromatic carbocycles. The van der Waals surface area contributed by atoms with E-state index in [1.54, 1.807) is 4.90 Å². The van der Waals surface area contributed by atoms with Crippen molar-refractivity contribution in [3.05, 3.63) is 34.9 Å². The molecule has 3 nitrogen and oxygen atoms in total. The van der Waals surface area contributed by atoms with Crippen LogP contribution in [0.1, 0.15) is 41.8 Å². The van der Waals surface area contributed by atoms with Crippen LogP contribution in [0.15, 0.2) is 18.2 Å². The van der Waals surface area contributed by atoms with E-state index in [0.717, 1.165) is 11.1 Å². The third kappa shape index (κ3) is 2.17. The van der Waals surface area contributed by atoms with Gasteiger partial charge in [0.25, 0.3) is 5.91 Å². The standard InChI is InChI=1S/C15H19NO2/c1-10-5-6-11(2)13(7-10)14(18)16-9-12(17)8-15(16,3)4/h5-7H,8-9H2,1-4H3. The summed E-state index contributed by atoms with van der Waals surface area (Å²) in [4.78, 5) is 25.8. The maximum atomic E-state index is 12.6. The molecule has 1 aliphatic heterocycles. The molecule has 0 aromatic heterocycles. The number of nitrogens with zero attached hydrogens (tertiary/aromatic N) is 1. The molecule has 18 heavy (non-hydrogen) atoms. The van der Waals surface area contributed by atoms with E-state index in [1.807, 2.05) is 45.9 Å². The molecule has 1 saturated heterocycles. The summed E-state index contributed by atoms with van der Waals surface area (Å²) in [6.07, 6.45) is 0.448. The van der Waals surface area contributed by atoms with Gasteiger partial charge in [0.2, 0.25) is 0 Å². The summed E-state index contributed by atoms with van der Waals surface area (Å²) in [6, 6.07) is 5.84. The lowest BCUT2D eigenvalue weighted by Gasteiger charge is -2.31. The second-order valence-corrected chi connectivity index (χ2v) is 5.74. The molecule has 0 N–H and O–H groups in total. The maximum Gasteiger partial charge on any atom is 0.254 e. The van der Waals surface area contributed by atoms with Crippen LogP contribution >= 0.6 is 0 Å². The summed E-state index contributed by atoms with van der Waals surface area (Å²) in [5.74, 6) is 0.103. The molecular weight excluding hydrogens is 226 g/mol. The number of amides is 1. The first-order chi connectivity index (χ1) is 8.31. The number of carbonyl (C=O) groups is 2. The van der Waals surface area contributed by atoms with Crippen LogP contribution in [0.25, 0.3) is 0 Å². The van der Waals surface area contributed by atoms with E-state index >= 15 is 0 Å². The molecular formula is C15H19NO2. The molecule has 0 aliphatic carbocycles. The molecule has 1 heterocycles. The second-order valence-electron chi connectivity index (χ2n) is 5.74. The average molecular weight is 245 g/mol. The molecule has 3 heteroatoms. The minimum Gasteiger partial charge on any atom is -0.326 e. The second kappa shape index (κ2) is 4.23. The first kappa shape index (κ1) is 12.8. The fourth-order valence-corrected chi connectivity index (χ4v) is 2.48. The van der Waals surface area contributed by atoms with Crippen LogP contribution in [0.2, 0.25) is 0 Å². The average Bonchev–Trinajstić information content (AvgIpc) is 2.54. The quantitative estimate of drug-likeness (QED) is 0.762. The van der Waals surface area contributed by atoms with Crippen molar-refractivity contribution >= 4 is 11.7 Å². The van der Waals surface area contributed by atoms with Crippen molar-refractivity contribution in [3.8, 4) is 0 Å². The number of aryl methyl sites for hydroxylation is 2. The molecule has 1 amide bonds. The Bertz CT molecular complexity index is 517. The zero-order valence-corrected chi connectivity index (χ0v) is 11.4. The van der Waals surface area contributed by atoms with Gasteiger partial charge in [-0.15, -0.1) is 0 Å². The van der Waals surface area contributed by atoms with Crippen LogP contribution in [0.4, 0.5) is 0 Å². The molecule has 0 spiro atoms. The Morgan fingerprint density at radius 2 is 1.94 bits per heavy atom. The smallest absolute Gasteiger partial charge is 0.254 e. The molecule has 0 saturated carbocycles. The van der Waals surface area contributed by atoms with Gasteiger partial charge in [0.15, 0.2) is 5.78 Å². The number of Topliss-reactive ketones (excluding diaryl/α,β-unsaturated/α-hetero) is 1. The predicted octanol–water partition coefficient (Wildman–Crippen LogP) is 2.50. The van der Waals surface area contributed by atoms with Crippen molar-refractivity contribution in [2.45, 2.75) is 39.7 Å². The largest absolute Gasteiger partial charge is 0.326 e. The van der Waals surface area contributed by atoms with Crippen molar-refractivity contribution in [1.82, 2.24) is 4.90 Å². The van der Waals surface area contributed by atoms with E-state index in [1.165, 1.54) is 0 Å². The topological polar surface area (TPSA) is 37.4 Å². The van der Waals surface area contributed by atoms with Crippen molar-refractivity contribution in [2.24, 2.45) is 0 Å². The zero-order valence-electron chi connectivity index (χ0n) is 11.4. The summed E-state index contributed by atoms with van der Waals surface area (Å²) >= 11 is 0. The summed E-state index contributed by atoms with van der Waals surface area (Å²) in [5.41, 5.74) is 2.36. The van der Waals surface area contributed by atoms with Gasteiger partial charge in [-0.2, -0.15) is 0 Å². The van der Waals surface area contributed by atoms with Crippen molar-refractivity contribution < 1.29 is 9.59 Å². The fraction of sp³-hybridized carbons (Fsp3) is 0.467. The highest BCUT2D eigenvalue weighted by Gasteiger charge is 2.40. The molecule has 0 atom stereocenters. The minimum atomic E-state index is -0.371. The zero-order chi connectivity index (χ0) is 13.5. The Hall–Kier alpha value is -1.64. The van der Waals surface area contributed by atoms with E-state index < -0.39 is 0 Å². The van der Waals surface area contributed by atoms with Crippen LogP contribution in [-0.2, 0) is 4.79 Å². The number of hydrogen-bond donors (Lipinski definition) is 0. The monoisotopic (exact) mass is 245 g/mol. The molecule has 1 aromatic rings. The number of rotatable bonds is 1. The van der Waals surface area contributed by atoms with Crippen LogP contribution < -0.4 is 0 Å². The highest BCUT2D eigenvalue weighted by molar-refractivity contribution is 6.00. The van der Waals surface area contributed by atoms with Gasteiger partial charge >= 0.3 is 0 Å². The van der Waals surface area contributed by atoms with E-state index in [9.17, 15) is 9.59 Å². The maximum absolute atomic E-state index is 12.6. The number of carbonyl (C=O) groups excluding carboxylic acids is 2. The Morgan fingerprint density at radius 3 is 2.50 bits per heavy atom. The summed E-state index contributed by atoms with van der Waals surface area (Å²) < 4.78 is 0. The van der Waals surface area contributed by atoms with Crippen LogP contribution in [0, 0.1) is 13.8 Å². The molecule has 0 unspecified atom stereocenters. The number of ketones is 1. The molecule has 1 aliphatic rings. The normalized spacial score (nSPS) is 18.2. The third-order valence-corrected chi connectivity index (χ3v) is 3.56. The number of hydrogen-bond acceptors (Lipinski definition) is 2. The Kier molecular flexibility index (Phi) is 3.01. The molecule has 0 radical (unpaired) electrons. The first-order valence-corrected chi connectivity index (χ1v) is 6.22. The van der Waals surface area contributed by atoms with Crippen molar-refractivity contribution in [3.63, 3.8) is 0 Å². The van der Waals surface area contributed by atoms with Gasteiger partial charge in [0.05, 0.1) is 6.54 Å². The predicted molar refractivity (Wildman–Crippen MR) is 70.7 cm³/mol. The molecule has 2 rings (SSSR count). The van der Waals surface area contributed by atoms with Crippen LogP contribution in [0.5, 0.6) is 0 Å². The summed E-state index contributed by atoms with van der Waals surface area (Å²) in [6.45, 7) is 8.02. The molecule has 1 fully saturated rings. The highest BCUT2D eigenvalue weighted by Crippen LogP contribution is 2.28. The van der Waals surface area contributed by atoms with E-state index in [2.05, 4.69) is 0 Å². The molecule has 0 bridgehead atoms. The lowest BCUT2D eigenvalue weighted by molar-refractivity contribution is -0.116. The van der Waals surface area contributed by atoms with Gasteiger partial charge in [-0.1, -0.05) is 17.7 Å². The van der Waals surface area contributed by atoms with E-state index in [0.29, 0.717) is 12.0 Å². The lowest BCUT2D eigenvalue weighted by Crippen LogP contribution is -2.43. The molecule has 96 valence electrons. The van der Waals surface area contributed by atoms with E-state index in [-0.39, 0.29) is 23.8 Å². The first-order valence-electron chi connectivity index (χ1n) is 6.22. The SMILES string of the molecule is Cc1ccc(C)c(C(=O)N2CC(=O)CC2(C)C)c1. The van der Waals surface area contributed by atoms with Crippen LogP contribution in [0.3, 0.4) is 0 Å². The third-order valence-electron chi connectivity index (χ3n) is 3.56. The summed E-state index contributed by atoms with van der Waals surface area (Å²) in [7, 11) is 0. The van der Waals surface area contributed by atoms with Gasteiger partial charge in [-0.25, -0.2) is 0 Å². The Labute approximate surface area is 108 Å². The fourth-order valence-electron chi connectivity index (χ4n) is 2.48. The minimum absolute atomic E-state index is 0.0351. The van der Waals surface area contributed by atoms with Gasteiger partial charge in [0, 0.05) is 17.5 Å². The van der Waals surface area contributed by atoms with Gasteiger partial charge in [-0.3, -0.25) is 9.59 Å². The van der Waals surface area contributed by atoms with Crippen molar-refractivity contribution in [1.29, 1.82) is 0 Å². The summed E-state index contributed by atoms with van der Waals surface area (Å²) in [5, 5.41) is 0. The van der Waals surface area contributed by atoms with Gasteiger partial charge in [-0.05, 0) is 39.3 Å². The van der Waals surface area contributed by atoms with Crippen molar-refractivity contribution in [2.75, 3.05) is 6.54 Å². The Balaban J connectivity index is 2.37. The van der Waals surface area contributed by atoms with Gasteiger partial charge in [0.1, 0.15) is 0 Å². The Morgan fingerprint density at radius 1 is 1.28 bits per heavy atom. The van der Waals surface area contributed by atoms with Crippen LogP contribution in [-0.4, -0.2) is 28.7 Å². The number of likely N-dealkylation sites (tertiary alicyclic amines) is 1. The highest BCUT2D eigenvalue weighted by atomic mass is 16.2. The van der Waals surface area contributed by atoms with E-state index in [4.69, 9.17) is 0 Å². The number of benzene rings is 1. The lowest BCUT2D eigenvalue weighted by atomic mass is 9.99.